The lowest BCUT2D eigenvalue weighted by Gasteiger charge is -2.13. The first-order valence-corrected chi connectivity index (χ1v) is 5.04. The van der Waals surface area contributed by atoms with Gasteiger partial charge < -0.3 is 10.1 Å². The van der Waals surface area contributed by atoms with Crippen LogP contribution in [0.15, 0.2) is 30.3 Å². The summed E-state index contributed by atoms with van der Waals surface area (Å²) in [6.45, 7) is 2.34. The summed E-state index contributed by atoms with van der Waals surface area (Å²) in [7, 11) is 0. The van der Waals surface area contributed by atoms with E-state index in [4.69, 9.17) is 0 Å². The zero-order valence-corrected chi connectivity index (χ0v) is 9.60. The summed E-state index contributed by atoms with van der Waals surface area (Å²) < 4.78 is 4.65. The third-order valence-electron chi connectivity index (χ3n) is 1.93. The minimum Gasteiger partial charge on any atom is -0.444 e. The zero-order valence-electron chi connectivity index (χ0n) is 9.60. The zero-order chi connectivity index (χ0) is 12.8. The van der Waals surface area contributed by atoms with Gasteiger partial charge in [-0.1, -0.05) is 18.2 Å². The number of rotatable bonds is 4. The average Bonchev–Trinajstić information content (AvgIpc) is 2.26. The number of hydrogen-bond donors (Lipinski definition) is 1. The second-order valence-corrected chi connectivity index (χ2v) is 3.46. The summed E-state index contributed by atoms with van der Waals surface area (Å²) in [6, 6.07) is 8.62. The average molecular weight is 235 g/mol. The lowest BCUT2D eigenvalue weighted by molar-refractivity contribution is -0.157. The summed E-state index contributed by atoms with van der Waals surface area (Å²) in [4.78, 5) is 33.6. The van der Waals surface area contributed by atoms with Crippen molar-refractivity contribution in [2.24, 2.45) is 0 Å². The molecular formula is C12H13NO4. The van der Waals surface area contributed by atoms with Crippen molar-refractivity contribution in [2.45, 2.75) is 20.0 Å². The number of hydrogen-bond acceptors (Lipinski definition) is 4. The van der Waals surface area contributed by atoms with Gasteiger partial charge in [0.15, 0.2) is 5.78 Å². The Morgan fingerprint density at radius 3 is 2.18 bits per heavy atom. The van der Waals surface area contributed by atoms with E-state index in [1.54, 1.807) is 30.3 Å². The van der Waals surface area contributed by atoms with E-state index in [2.05, 4.69) is 10.1 Å². The fourth-order valence-electron chi connectivity index (χ4n) is 1.22. The number of amides is 1. The number of para-hydroxylation sites is 1. The second kappa shape index (κ2) is 5.79. The number of benzene rings is 1. The van der Waals surface area contributed by atoms with Crippen LogP contribution in [-0.2, 0) is 19.1 Å². The van der Waals surface area contributed by atoms with Crippen LogP contribution in [-0.4, -0.2) is 23.8 Å². The summed E-state index contributed by atoms with van der Waals surface area (Å²) in [5.41, 5.74) is 0.538. The molecule has 0 heterocycles. The van der Waals surface area contributed by atoms with Crippen LogP contribution in [0.2, 0.25) is 0 Å². The third kappa shape index (κ3) is 4.06. The van der Waals surface area contributed by atoms with Crippen LogP contribution < -0.4 is 5.32 Å². The molecule has 0 saturated heterocycles. The van der Waals surface area contributed by atoms with E-state index in [-0.39, 0.29) is 0 Å². The Morgan fingerprint density at radius 1 is 1.12 bits per heavy atom. The molecule has 17 heavy (non-hydrogen) atoms. The van der Waals surface area contributed by atoms with Gasteiger partial charge in [-0.25, -0.2) is 0 Å². The van der Waals surface area contributed by atoms with Crippen molar-refractivity contribution in [1.29, 1.82) is 0 Å². The normalized spacial score (nSPS) is 11.4. The van der Waals surface area contributed by atoms with Crippen LogP contribution in [0.25, 0.3) is 0 Å². The van der Waals surface area contributed by atoms with Crippen LogP contribution >= 0.6 is 0 Å². The molecule has 0 saturated carbocycles. The summed E-state index contributed by atoms with van der Waals surface area (Å²) in [5, 5.41) is 2.49. The van der Waals surface area contributed by atoms with Gasteiger partial charge in [0, 0.05) is 12.6 Å². The molecule has 1 amide bonds. The molecule has 5 heteroatoms. The molecular weight excluding hydrogens is 222 g/mol. The number of ether oxygens (including phenoxy) is 1. The number of Topliss-reactive ketones (excluding diaryl/α,β-unsaturated/α-hetero) is 1. The van der Waals surface area contributed by atoms with Crippen LogP contribution in [0.5, 0.6) is 0 Å². The highest BCUT2D eigenvalue weighted by Gasteiger charge is 2.26. The molecule has 1 atom stereocenters. The van der Waals surface area contributed by atoms with Crippen molar-refractivity contribution in [3.8, 4) is 0 Å². The minimum atomic E-state index is -1.40. The number of esters is 1. The lowest BCUT2D eigenvalue weighted by atomic mass is 10.2. The first kappa shape index (κ1) is 12.9. The Balaban J connectivity index is 2.72. The molecule has 90 valence electrons. The Hall–Kier alpha value is -2.17. The molecule has 0 radical (unpaired) electrons. The highest BCUT2D eigenvalue weighted by atomic mass is 16.5. The maximum absolute atomic E-state index is 11.7. The standard InChI is InChI=1S/C12H13NO4/c1-8(14)11(17-9(2)15)12(16)13-10-6-4-3-5-7-10/h3-7,11H,1-2H3,(H,13,16). The molecule has 5 nitrogen and oxygen atoms in total. The fraction of sp³-hybridized carbons (Fsp3) is 0.250. The summed E-state index contributed by atoms with van der Waals surface area (Å²) in [5.74, 6) is -1.85. The number of carbonyl (C=O) groups is 3. The van der Waals surface area contributed by atoms with Gasteiger partial charge in [-0.15, -0.1) is 0 Å². The molecule has 1 rings (SSSR count). The molecule has 1 N–H and O–H groups in total. The maximum atomic E-state index is 11.7. The highest BCUT2D eigenvalue weighted by molar-refractivity contribution is 6.10. The van der Waals surface area contributed by atoms with Gasteiger partial charge >= 0.3 is 5.97 Å². The molecule has 0 aromatic heterocycles. The second-order valence-electron chi connectivity index (χ2n) is 3.46. The predicted octanol–water partition coefficient (Wildman–Crippen LogP) is 1.15. The molecule has 0 spiro atoms. The van der Waals surface area contributed by atoms with E-state index in [0.717, 1.165) is 6.92 Å². The first-order valence-electron chi connectivity index (χ1n) is 5.04. The van der Waals surface area contributed by atoms with Gasteiger partial charge in [0.1, 0.15) is 0 Å². The van der Waals surface area contributed by atoms with Crippen molar-refractivity contribution in [2.75, 3.05) is 5.32 Å². The predicted molar refractivity (Wildman–Crippen MR) is 61.3 cm³/mol. The monoisotopic (exact) mass is 235 g/mol. The Labute approximate surface area is 98.8 Å². The molecule has 0 aliphatic carbocycles. The minimum absolute atomic E-state index is 0.520. The largest absolute Gasteiger partial charge is 0.444 e. The van der Waals surface area contributed by atoms with E-state index in [1.807, 2.05) is 0 Å². The van der Waals surface area contributed by atoms with E-state index in [1.165, 1.54) is 6.92 Å². The van der Waals surface area contributed by atoms with Crippen molar-refractivity contribution >= 4 is 23.3 Å². The molecule has 1 aromatic carbocycles. The Bertz CT molecular complexity index is 427. The van der Waals surface area contributed by atoms with Crippen LogP contribution in [0.1, 0.15) is 13.8 Å². The topological polar surface area (TPSA) is 72.5 Å². The van der Waals surface area contributed by atoms with E-state index < -0.39 is 23.8 Å². The molecule has 0 aliphatic rings. The van der Waals surface area contributed by atoms with Gasteiger partial charge in [-0.3, -0.25) is 14.4 Å². The summed E-state index contributed by atoms with van der Waals surface area (Å²) >= 11 is 0. The number of anilines is 1. The summed E-state index contributed by atoms with van der Waals surface area (Å²) in [6.07, 6.45) is -1.40. The molecule has 1 unspecified atom stereocenters. The van der Waals surface area contributed by atoms with Gasteiger partial charge in [0.2, 0.25) is 6.10 Å². The lowest BCUT2D eigenvalue weighted by Crippen LogP contribution is -2.37. The smallest absolute Gasteiger partial charge is 0.303 e. The highest BCUT2D eigenvalue weighted by Crippen LogP contribution is 2.07. The van der Waals surface area contributed by atoms with Crippen molar-refractivity contribution in [3.63, 3.8) is 0 Å². The third-order valence-corrected chi connectivity index (χ3v) is 1.93. The molecule has 0 aliphatic heterocycles. The van der Waals surface area contributed by atoms with Crippen molar-refractivity contribution < 1.29 is 19.1 Å². The molecule has 1 aromatic rings. The number of carbonyl (C=O) groups excluding carboxylic acids is 3. The van der Waals surface area contributed by atoms with E-state index >= 15 is 0 Å². The SMILES string of the molecule is CC(=O)OC(C(C)=O)C(=O)Nc1ccccc1. The molecule has 0 fully saturated rings. The van der Waals surface area contributed by atoms with E-state index in [0.29, 0.717) is 5.69 Å². The van der Waals surface area contributed by atoms with Crippen molar-refractivity contribution in [1.82, 2.24) is 0 Å². The maximum Gasteiger partial charge on any atom is 0.303 e. The number of nitrogens with one attached hydrogen (secondary N) is 1. The van der Waals surface area contributed by atoms with Crippen LogP contribution in [0.4, 0.5) is 5.69 Å². The quantitative estimate of drug-likeness (QED) is 0.627. The van der Waals surface area contributed by atoms with Crippen LogP contribution in [0.3, 0.4) is 0 Å². The Kier molecular flexibility index (Phi) is 4.39. The van der Waals surface area contributed by atoms with Gasteiger partial charge in [-0.2, -0.15) is 0 Å². The number of ketones is 1. The van der Waals surface area contributed by atoms with Gasteiger partial charge in [0.25, 0.3) is 5.91 Å². The Morgan fingerprint density at radius 2 is 1.71 bits per heavy atom. The van der Waals surface area contributed by atoms with Gasteiger partial charge in [0.05, 0.1) is 0 Å². The fourth-order valence-corrected chi connectivity index (χ4v) is 1.22. The molecule has 0 bridgehead atoms. The van der Waals surface area contributed by atoms with Crippen molar-refractivity contribution in [3.05, 3.63) is 30.3 Å². The van der Waals surface area contributed by atoms with Gasteiger partial charge in [-0.05, 0) is 19.1 Å². The first-order chi connectivity index (χ1) is 8.00. The van der Waals surface area contributed by atoms with E-state index in [9.17, 15) is 14.4 Å². The van der Waals surface area contributed by atoms with Crippen LogP contribution in [0, 0.1) is 0 Å².